The molecule has 0 bridgehead atoms. The second-order valence-corrected chi connectivity index (χ2v) is 11.1. The van der Waals surface area contributed by atoms with Crippen molar-refractivity contribution >= 4 is 11.9 Å². The van der Waals surface area contributed by atoms with E-state index in [1.165, 1.54) is 134 Å². The lowest BCUT2D eigenvalue weighted by atomic mass is 9.97. The van der Waals surface area contributed by atoms with Crippen molar-refractivity contribution in [2.24, 2.45) is 5.92 Å². The molecule has 0 aliphatic carbocycles. The molecule has 38 heavy (non-hydrogen) atoms. The third kappa shape index (κ3) is 27.5. The Morgan fingerprint density at radius 1 is 0.658 bits per heavy atom. The van der Waals surface area contributed by atoms with Crippen LogP contribution in [0.5, 0.6) is 0 Å². The molecule has 0 heterocycles. The van der Waals surface area contributed by atoms with Crippen molar-refractivity contribution < 1.29 is 19.4 Å². The molecule has 0 saturated carbocycles. The second kappa shape index (κ2) is 30.0. The van der Waals surface area contributed by atoms with Gasteiger partial charge in [-0.1, -0.05) is 160 Å². The van der Waals surface area contributed by atoms with E-state index in [9.17, 15) is 14.7 Å². The first kappa shape index (κ1) is 36.4. The van der Waals surface area contributed by atoms with E-state index in [0.717, 1.165) is 19.3 Å². The highest BCUT2D eigenvalue weighted by molar-refractivity contribution is 5.78. The average Bonchev–Trinajstić information content (AvgIpc) is 2.91. The largest absolute Gasteiger partial charge is 0.481 e. The predicted molar refractivity (Wildman–Crippen MR) is 163 cm³/mol. The topological polar surface area (TPSA) is 63.6 Å². The number of carbonyl (C=O) groups is 2. The number of esters is 1. The third-order valence-electron chi connectivity index (χ3n) is 7.42. The second-order valence-electron chi connectivity index (χ2n) is 11.1. The van der Waals surface area contributed by atoms with Gasteiger partial charge in [-0.25, -0.2) is 0 Å². The molecule has 0 spiro atoms. The molecule has 4 heteroatoms. The van der Waals surface area contributed by atoms with E-state index in [2.05, 4.69) is 25.7 Å². The fraction of sp³-hybridized carbons (Fsp3) is 0.824. The van der Waals surface area contributed by atoms with E-state index < -0.39 is 17.9 Å². The Balaban J connectivity index is 3.30. The third-order valence-corrected chi connectivity index (χ3v) is 7.42. The van der Waals surface area contributed by atoms with Crippen LogP contribution in [0.2, 0.25) is 0 Å². The molecule has 0 aromatic rings. The number of carboxylic acids is 1. The molecule has 0 aliphatic rings. The van der Waals surface area contributed by atoms with Crippen LogP contribution < -0.4 is 0 Å². The molecule has 1 N–H and O–H groups in total. The number of carbonyl (C=O) groups excluding carboxylic acids is 1. The van der Waals surface area contributed by atoms with Crippen LogP contribution in [-0.2, 0) is 14.3 Å². The highest BCUT2D eigenvalue weighted by Crippen LogP contribution is 2.18. The summed E-state index contributed by atoms with van der Waals surface area (Å²) in [7, 11) is 0. The summed E-state index contributed by atoms with van der Waals surface area (Å²) in [6.45, 7) is 5.87. The van der Waals surface area contributed by atoms with E-state index in [-0.39, 0.29) is 13.0 Å². The molecule has 0 saturated heterocycles. The normalized spacial score (nSPS) is 12.1. The van der Waals surface area contributed by atoms with Gasteiger partial charge < -0.3 is 9.84 Å². The molecule has 0 fully saturated rings. The summed E-state index contributed by atoms with van der Waals surface area (Å²) in [4.78, 5) is 23.0. The SMILES string of the molecule is C=CCOC(=O)CC(CCCCCCCCCCCCCCCCCCCCCC/C=C/CCC)C(=O)O. The average molecular weight is 535 g/mol. The van der Waals surface area contributed by atoms with E-state index in [1.54, 1.807) is 0 Å². The zero-order valence-electron chi connectivity index (χ0n) is 25.1. The number of ether oxygens (including phenoxy) is 1. The molecule has 0 aromatic heterocycles. The number of carboxylic acid groups (broad SMARTS) is 1. The van der Waals surface area contributed by atoms with Crippen molar-refractivity contribution in [2.75, 3.05) is 6.61 Å². The van der Waals surface area contributed by atoms with Crippen LogP contribution >= 0.6 is 0 Å². The smallest absolute Gasteiger partial charge is 0.307 e. The fourth-order valence-electron chi connectivity index (χ4n) is 4.96. The molecular formula is C34H62O4. The van der Waals surface area contributed by atoms with E-state index >= 15 is 0 Å². The quantitative estimate of drug-likeness (QED) is 0.0565. The monoisotopic (exact) mass is 534 g/mol. The van der Waals surface area contributed by atoms with Crippen molar-refractivity contribution in [1.82, 2.24) is 0 Å². The Morgan fingerprint density at radius 3 is 1.45 bits per heavy atom. The number of rotatable bonds is 30. The number of hydrogen-bond acceptors (Lipinski definition) is 3. The van der Waals surface area contributed by atoms with Crippen molar-refractivity contribution in [3.05, 3.63) is 24.8 Å². The molecule has 0 radical (unpaired) electrons. The lowest BCUT2D eigenvalue weighted by Gasteiger charge is -2.11. The van der Waals surface area contributed by atoms with Crippen molar-refractivity contribution in [1.29, 1.82) is 0 Å². The van der Waals surface area contributed by atoms with Crippen molar-refractivity contribution in [2.45, 2.75) is 167 Å². The van der Waals surface area contributed by atoms with Gasteiger partial charge in [-0.2, -0.15) is 0 Å². The number of allylic oxidation sites excluding steroid dienone is 2. The summed E-state index contributed by atoms with van der Waals surface area (Å²) in [5.41, 5.74) is 0. The maximum Gasteiger partial charge on any atom is 0.307 e. The summed E-state index contributed by atoms with van der Waals surface area (Å²) in [5.74, 6) is -1.98. The van der Waals surface area contributed by atoms with Crippen molar-refractivity contribution in [3.63, 3.8) is 0 Å². The van der Waals surface area contributed by atoms with Gasteiger partial charge in [0.05, 0.1) is 12.3 Å². The first-order valence-corrected chi connectivity index (χ1v) is 16.3. The first-order valence-electron chi connectivity index (χ1n) is 16.3. The number of unbranched alkanes of at least 4 members (excludes halogenated alkanes) is 21. The van der Waals surface area contributed by atoms with Gasteiger partial charge >= 0.3 is 11.9 Å². The molecule has 0 aliphatic heterocycles. The molecule has 0 amide bonds. The Labute approximate surface area is 236 Å². The van der Waals surface area contributed by atoms with E-state index in [0.29, 0.717) is 6.42 Å². The van der Waals surface area contributed by atoms with E-state index in [1.807, 2.05) is 0 Å². The van der Waals surface area contributed by atoms with Crippen molar-refractivity contribution in [3.8, 4) is 0 Å². The summed E-state index contributed by atoms with van der Waals surface area (Å²) in [6, 6.07) is 0. The van der Waals surface area contributed by atoms with Gasteiger partial charge in [0.15, 0.2) is 0 Å². The predicted octanol–water partition coefficient (Wildman–Crippen LogP) is 10.7. The minimum absolute atomic E-state index is 0.0407. The number of hydrogen-bond donors (Lipinski definition) is 1. The minimum atomic E-state index is -0.900. The molecule has 1 atom stereocenters. The van der Waals surface area contributed by atoms with Gasteiger partial charge in [-0.3, -0.25) is 9.59 Å². The summed E-state index contributed by atoms with van der Waals surface area (Å²) in [5, 5.41) is 9.31. The standard InChI is InChI=1S/C34H62O4/c1-3-5-6-7-8-9-10-11-12-13-14-15-16-17-18-19-20-21-22-23-24-25-26-27-28-29-32(34(36)37)31-33(35)38-30-4-2/h4,6-7,32H,2-3,5,8-31H2,1H3,(H,36,37)/b7-6+. The van der Waals surface area contributed by atoms with Crippen LogP contribution in [0.25, 0.3) is 0 Å². The van der Waals surface area contributed by atoms with Gasteiger partial charge in [-0.15, -0.1) is 0 Å². The van der Waals surface area contributed by atoms with Gasteiger partial charge in [0.25, 0.3) is 0 Å². The molecule has 0 rings (SSSR count). The van der Waals surface area contributed by atoms with Gasteiger partial charge in [-0.05, 0) is 25.7 Å². The maximum absolute atomic E-state index is 11.6. The minimum Gasteiger partial charge on any atom is -0.481 e. The Morgan fingerprint density at radius 2 is 1.05 bits per heavy atom. The highest BCUT2D eigenvalue weighted by Gasteiger charge is 2.21. The Kier molecular flexibility index (Phi) is 28.7. The first-order chi connectivity index (χ1) is 18.6. The van der Waals surface area contributed by atoms with Crippen LogP contribution in [0.15, 0.2) is 24.8 Å². The van der Waals surface area contributed by atoms with Crippen LogP contribution in [0.1, 0.15) is 167 Å². The Bertz CT molecular complexity index is 569. The molecule has 222 valence electrons. The van der Waals surface area contributed by atoms with Crippen LogP contribution in [-0.4, -0.2) is 23.7 Å². The number of aliphatic carboxylic acids is 1. The maximum atomic E-state index is 11.6. The van der Waals surface area contributed by atoms with Gasteiger partial charge in [0, 0.05) is 0 Å². The molecule has 0 aromatic carbocycles. The fourth-order valence-corrected chi connectivity index (χ4v) is 4.96. The zero-order chi connectivity index (χ0) is 27.9. The molecule has 1 unspecified atom stereocenters. The zero-order valence-corrected chi connectivity index (χ0v) is 25.1. The highest BCUT2D eigenvalue weighted by atomic mass is 16.5. The summed E-state index contributed by atoms with van der Waals surface area (Å²) < 4.78 is 4.91. The Hall–Kier alpha value is -1.58. The van der Waals surface area contributed by atoms with Gasteiger partial charge in [0.2, 0.25) is 0 Å². The van der Waals surface area contributed by atoms with E-state index in [4.69, 9.17) is 4.74 Å². The molecule has 4 nitrogen and oxygen atoms in total. The van der Waals surface area contributed by atoms with Crippen LogP contribution in [0.3, 0.4) is 0 Å². The summed E-state index contributed by atoms with van der Waals surface area (Å²) >= 11 is 0. The molecular weight excluding hydrogens is 472 g/mol. The van der Waals surface area contributed by atoms with Gasteiger partial charge in [0.1, 0.15) is 6.61 Å². The summed E-state index contributed by atoms with van der Waals surface area (Å²) in [6.07, 6.45) is 37.1. The van der Waals surface area contributed by atoms with Crippen LogP contribution in [0.4, 0.5) is 0 Å². The lowest BCUT2D eigenvalue weighted by molar-refractivity contribution is -0.151. The lowest BCUT2D eigenvalue weighted by Crippen LogP contribution is -2.19. The van der Waals surface area contributed by atoms with Crippen LogP contribution in [0, 0.1) is 5.92 Å².